The molecule has 4 aromatic rings. The first-order chi connectivity index (χ1) is 16.7. The second-order valence-corrected chi connectivity index (χ2v) is 10.8. The van der Waals surface area contributed by atoms with E-state index in [1.54, 1.807) is 25.1 Å². The van der Waals surface area contributed by atoms with Crippen LogP contribution in [0.1, 0.15) is 29.8 Å². The summed E-state index contributed by atoms with van der Waals surface area (Å²) in [6.07, 6.45) is 0. The molecule has 0 radical (unpaired) electrons. The summed E-state index contributed by atoms with van der Waals surface area (Å²) in [6, 6.07) is 19.4. The maximum Gasteiger partial charge on any atom is 0.265 e. The van der Waals surface area contributed by atoms with Crippen LogP contribution in [-0.2, 0) is 10.0 Å². The molecule has 0 amide bonds. The molecule has 1 aromatic heterocycles. The number of hydrogen-bond donors (Lipinski definition) is 2. The number of sulfonamides is 1. The number of hydrogen-bond acceptors (Lipinski definition) is 6. The van der Waals surface area contributed by atoms with Crippen molar-refractivity contribution in [3.63, 3.8) is 0 Å². The van der Waals surface area contributed by atoms with Gasteiger partial charge in [0.05, 0.1) is 29.4 Å². The molecule has 4 rings (SSSR count). The fourth-order valence-electron chi connectivity index (χ4n) is 3.71. The van der Waals surface area contributed by atoms with Crippen molar-refractivity contribution >= 4 is 32.2 Å². The highest BCUT2D eigenvalue weighted by Crippen LogP contribution is 2.38. The van der Waals surface area contributed by atoms with Crippen LogP contribution in [0.25, 0.3) is 10.4 Å². The van der Waals surface area contributed by atoms with Crippen LogP contribution in [0.15, 0.2) is 71.6 Å². The third kappa shape index (κ3) is 5.31. The van der Waals surface area contributed by atoms with Crippen LogP contribution in [0.2, 0.25) is 0 Å². The summed E-state index contributed by atoms with van der Waals surface area (Å²) >= 11 is 1.44. The highest BCUT2D eigenvalue weighted by Gasteiger charge is 2.24. The Hall–Kier alpha value is -3.43. The van der Waals surface area contributed by atoms with Gasteiger partial charge in [-0.2, -0.15) is 0 Å². The lowest BCUT2D eigenvalue weighted by Crippen LogP contribution is -2.16. The minimum atomic E-state index is -4.14. The van der Waals surface area contributed by atoms with Gasteiger partial charge in [0.2, 0.25) is 0 Å². The number of aromatic nitrogens is 1. The van der Waals surface area contributed by atoms with E-state index in [1.807, 2.05) is 37.3 Å². The van der Waals surface area contributed by atoms with Gasteiger partial charge in [-0.25, -0.2) is 17.8 Å². The smallest absolute Gasteiger partial charge is 0.265 e. The van der Waals surface area contributed by atoms with Crippen LogP contribution in [0.4, 0.5) is 15.2 Å². The van der Waals surface area contributed by atoms with Crippen molar-refractivity contribution in [1.29, 1.82) is 0 Å². The Bertz CT molecular complexity index is 1430. The molecule has 0 unspecified atom stereocenters. The number of nitrogens with one attached hydrogen (secondary N) is 2. The molecule has 1 atom stereocenters. The van der Waals surface area contributed by atoms with Crippen molar-refractivity contribution in [2.75, 3.05) is 17.1 Å². The van der Waals surface area contributed by atoms with E-state index in [0.717, 1.165) is 21.3 Å². The van der Waals surface area contributed by atoms with Gasteiger partial charge in [0.25, 0.3) is 10.0 Å². The van der Waals surface area contributed by atoms with Gasteiger partial charge in [-0.15, -0.1) is 0 Å². The van der Waals surface area contributed by atoms with Gasteiger partial charge in [-0.05, 0) is 61.7 Å². The SMILES string of the molecule is COc1ccc(-c2sc(N[C@H](C)c3ccccc3)nc2C)cc1S(=O)(=O)Nc1c(C)cccc1F. The predicted molar refractivity (Wildman–Crippen MR) is 139 cm³/mol. The molecule has 0 bridgehead atoms. The molecular weight excluding hydrogens is 485 g/mol. The number of aryl methyl sites for hydroxylation is 2. The standard InChI is InChI=1S/C26H26FN3O3S2/c1-16-9-8-12-21(27)24(16)30-35(31,32)23-15-20(13-14-22(23)33-4)25-18(3)29-26(34-25)28-17(2)19-10-6-5-7-11-19/h5-15,17,30H,1-4H3,(H,28,29)/t17-/m1/s1. The van der Waals surface area contributed by atoms with Crippen molar-refractivity contribution in [3.8, 4) is 16.2 Å². The number of nitrogens with zero attached hydrogens (tertiary/aromatic N) is 1. The number of rotatable bonds is 8. The summed E-state index contributed by atoms with van der Waals surface area (Å²) < 4.78 is 48.6. The van der Waals surface area contributed by atoms with Gasteiger partial charge in [0.1, 0.15) is 16.5 Å². The van der Waals surface area contributed by atoms with Crippen LogP contribution in [0.5, 0.6) is 5.75 Å². The Kier molecular flexibility index (Phi) is 7.09. The van der Waals surface area contributed by atoms with E-state index in [1.165, 1.54) is 36.6 Å². The van der Waals surface area contributed by atoms with E-state index in [4.69, 9.17) is 4.74 Å². The molecular formula is C26H26FN3O3S2. The van der Waals surface area contributed by atoms with Gasteiger partial charge in [0, 0.05) is 0 Å². The van der Waals surface area contributed by atoms with Crippen molar-refractivity contribution in [2.45, 2.75) is 31.7 Å². The number of halogens is 1. The minimum absolute atomic E-state index is 0.0506. The van der Waals surface area contributed by atoms with Crippen molar-refractivity contribution in [1.82, 2.24) is 4.98 Å². The second-order valence-electron chi connectivity index (χ2n) is 8.11. The first-order valence-corrected chi connectivity index (χ1v) is 13.2. The topological polar surface area (TPSA) is 80.3 Å². The fraction of sp³-hybridized carbons (Fsp3) is 0.192. The summed E-state index contributed by atoms with van der Waals surface area (Å²) in [5.74, 6) is -0.487. The average Bonchev–Trinajstić information content (AvgIpc) is 3.21. The third-order valence-electron chi connectivity index (χ3n) is 5.61. The Morgan fingerprint density at radius 3 is 2.46 bits per heavy atom. The summed E-state index contributed by atoms with van der Waals surface area (Å²) in [6.45, 7) is 5.57. The summed E-state index contributed by atoms with van der Waals surface area (Å²) in [5, 5.41) is 4.14. The number of para-hydroxylation sites is 1. The van der Waals surface area contributed by atoms with Crippen molar-refractivity contribution in [2.24, 2.45) is 0 Å². The predicted octanol–water partition coefficient (Wildman–Crippen LogP) is 6.55. The monoisotopic (exact) mass is 511 g/mol. The number of thiazole rings is 1. The van der Waals surface area contributed by atoms with E-state index in [0.29, 0.717) is 11.1 Å². The molecule has 0 spiro atoms. The van der Waals surface area contributed by atoms with Crippen molar-refractivity contribution in [3.05, 3.63) is 89.4 Å². The van der Waals surface area contributed by atoms with Crippen LogP contribution in [0, 0.1) is 19.7 Å². The molecule has 35 heavy (non-hydrogen) atoms. The molecule has 6 nitrogen and oxygen atoms in total. The number of anilines is 2. The van der Waals surface area contributed by atoms with E-state index < -0.39 is 15.8 Å². The van der Waals surface area contributed by atoms with E-state index in [-0.39, 0.29) is 22.4 Å². The van der Waals surface area contributed by atoms with E-state index >= 15 is 0 Å². The molecule has 0 aliphatic rings. The minimum Gasteiger partial charge on any atom is -0.495 e. The lowest BCUT2D eigenvalue weighted by Gasteiger charge is -2.15. The number of benzene rings is 3. The second kappa shape index (κ2) is 10.1. The molecule has 182 valence electrons. The van der Waals surface area contributed by atoms with Crippen LogP contribution in [-0.4, -0.2) is 20.5 Å². The Labute approximate surface area is 208 Å². The van der Waals surface area contributed by atoms with Crippen LogP contribution in [0.3, 0.4) is 0 Å². The number of methoxy groups -OCH3 is 1. The fourth-order valence-corrected chi connectivity index (χ4v) is 6.10. The maximum absolute atomic E-state index is 14.3. The molecule has 0 saturated carbocycles. The third-order valence-corrected chi connectivity index (χ3v) is 8.12. The number of ether oxygens (including phenoxy) is 1. The van der Waals surface area contributed by atoms with Crippen molar-refractivity contribution < 1.29 is 17.5 Å². The Morgan fingerprint density at radius 1 is 1.03 bits per heavy atom. The molecule has 3 aromatic carbocycles. The quantitative estimate of drug-likeness (QED) is 0.280. The van der Waals surface area contributed by atoms with Gasteiger partial charge >= 0.3 is 0 Å². The first-order valence-electron chi connectivity index (χ1n) is 10.9. The molecule has 0 fully saturated rings. The zero-order valence-electron chi connectivity index (χ0n) is 19.8. The summed E-state index contributed by atoms with van der Waals surface area (Å²) in [4.78, 5) is 5.38. The lowest BCUT2D eigenvalue weighted by atomic mass is 10.1. The molecule has 1 heterocycles. The lowest BCUT2D eigenvalue weighted by molar-refractivity contribution is 0.403. The van der Waals surface area contributed by atoms with E-state index in [9.17, 15) is 12.8 Å². The first kappa shape index (κ1) is 24.7. The van der Waals surface area contributed by atoms with Gasteiger partial charge in [0.15, 0.2) is 5.13 Å². The normalized spacial score (nSPS) is 12.3. The Balaban J connectivity index is 1.67. The highest BCUT2D eigenvalue weighted by molar-refractivity contribution is 7.92. The Morgan fingerprint density at radius 2 is 1.77 bits per heavy atom. The van der Waals surface area contributed by atoms with Gasteiger partial charge < -0.3 is 10.1 Å². The molecule has 0 aliphatic heterocycles. The molecule has 9 heteroatoms. The summed E-state index contributed by atoms with van der Waals surface area (Å²) in [7, 11) is -2.74. The van der Waals surface area contributed by atoms with Gasteiger partial charge in [-0.1, -0.05) is 53.8 Å². The van der Waals surface area contributed by atoms with Crippen LogP contribution >= 0.6 is 11.3 Å². The highest BCUT2D eigenvalue weighted by atomic mass is 32.2. The maximum atomic E-state index is 14.3. The van der Waals surface area contributed by atoms with E-state index in [2.05, 4.69) is 21.9 Å². The molecule has 0 saturated heterocycles. The van der Waals surface area contributed by atoms with Crippen LogP contribution < -0.4 is 14.8 Å². The molecule has 2 N–H and O–H groups in total. The van der Waals surface area contributed by atoms with Gasteiger partial charge in [-0.3, -0.25) is 4.72 Å². The zero-order valence-corrected chi connectivity index (χ0v) is 21.4. The largest absolute Gasteiger partial charge is 0.495 e. The zero-order chi connectivity index (χ0) is 25.2. The average molecular weight is 512 g/mol. The summed E-state index contributed by atoms with van der Waals surface area (Å²) in [5.41, 5.74) is 2.96. The molecule has 0 aliphatic carbocycles.